The molecule has 0 bridgehead atoms. The molecule has 1 aliphatic carbocycles. The van der Waals surface area contributed by atoms with Crippen LogP contribution in [0, 0.1) is 0 Å². The zero-order valence-corrected chi connectivity index (χ0v) is 10.3. The van der Waals surface area contributed by atoms with Gasteiger partial charge in [-0.2, -0.15) is 0 Å². The number of ether oxygens (including phenoxy) is 1. The van der Waals surface area contributed by atoms with Crippen molar-refractivity contribution >= 4 is 0 Å². The van der Waals surface area contributed by atoms with Gasteiger partial charge in [-0.05, 0) is 39.0 Å². The molecule has 2 heterocycles. The largest absolute Gasteiger partial charge is 0.375 e. The minimum atomic E-state index is -0.0405. The van der Waals surface area contributed by atoms with Gasteiger partial charge in [-0.3, -0.25) is 0 Å². The zero-order chi connectivity index (χ0) is 11.9. The molecule has 17 heavy (non-hydrogen) atoms. The lowest BCUT2D eigenvalue weighted by Gasteiger charge is -2.47. The maximum atomic E-state index is 5.92. The normalized spacial score (nSPS) is 28.9. The third-order valence-electron chi connectivity index (χ3n) is 4.10. The van der Waals surface area contributed by atoms with Crippen LogP contribution in [0.15, 0.2) is 6.20 Å². The van der Waals surface area contributed by atoms with Crippen molar-refractivity contribution in [1.82, 2.24) is 15.0 Å². The van der Waals surface area contributed by atoms with E-state index in [4.69, 9.17) is 10.5 Å². The molecule has 94 valence electrons. The molecule has 2 fully saturated rings. The summed E-state index contributed by atoms with van der Waals surface area (Å²) >= 11 is 0. The minimum Gasteiger partial charge on any atom is -0.375 e. The third kappa shape index (κ3) is 1.98. The number of nitrogens with two attached hydrogens (primary N) is 1. The third-order valence-corrected chi connectivity index (χ3v) is 4.10. The Hall–Kier alpha value is -0.940. The lowest BCUT2D eigenvalue weighted by molar-refractivity contribution is -0.141. The Balaban J connectivity index is 1.74. The maximum absolute atomic E-state index is 5.92. The Morgan fingerprint density at radius 1 is 1.59 bits per heavy atom. The van der Waals surface area contributed by atoms with Crippen molar-refractivity contribution in [2.24, 2.45) is 5.73 Å². The van der Waals surface area contributed by atoms with E-state index in [0.29, 0.717) is 6.04 Å². The Labute approximate surface area is 101 Å². The van der Waals surface area contributed by atoms with Gasteiger partial charge in [0, 0.05) is 12.6 Å². The lowest BCUT2D eigenvalue weighted by Crippen LogP contribution is -2.46. The Morgan fingerprint density at radius 2 is 2.41 bits per heavy atom. The van der Waals surface area contributed by atoms with Gasteiger partial charge in [-0.15, -0.1) is 5.10 Å². The van der Waals surface area contributed by atoms with Crippen molar-refractivity contribution < 1.29 is 4.74 Å². The first-order valence-corrected chi connectivity index (χ1v) is 6.50. The Morgan fingerprint density at radius 3 is 3.00 bits per heavy atom. The standard InChI is InChI=1S/C12H20N4O/c1-9(13)11-8-16(15-14-11)10-3-6-17-12(7-10)4-2-5-12/h8-10H,2-7,13H2,1H3. The molecule has 1 spiro atoms. The molecule has 2 N–H and O–H groups in total. The summed E-state index contributed by atoms with van der Waals surface area (Å²) in [5.41, 5.74) is 6.84. The molecule has 1 aromatic rings. The van der Waals surface area contributed by atoms with E-state index in [2.05, 4.69) is 10.3 Å². The molecular formula is C12H20N4O. The average Bonchev–Trinajstić information content (AvgIpc) is 2.76. The predicted octanol–water partition coefficient (Wildman–Crippen LogP) is 1.57. The second-order valence-corrected chi connectivity index (χ2v) is 5.44. The summed E-state index contributed by atoms with van der Waals surface area (Å²) in [5.74, 6) is 0. The molecule has 5 nitrogen and oxygen atoms in total. The second kappa shape index (κ2) is 4.07. The molecule has 1 saturated carbocycles. The van der Waals surface area contributed by atoms with Gasteiger partial charge < -0.3 is 10.5 Å². The summed E-state index contributed by atoms with van der Waals surface area (Å²) in [6.45, 7) is 2.78. The fourth-order valence-electron chi connectivity index (χ4n) is 2.82. The number of hydrogen-bond acceptors (Lipinski definition) is 4. The van der Waals surface area contributed by atoms with Gasteiger partial charge in [0.05, 0.1) is 23.5 Å². The highest BCUT2D eigenvalue weighted by Crippen LogP contribution is 2.45. The van der Waals surface area contributed by atoms with Crippen LogP contribution in [0.25, 0.3) is 0 Å². The topological polar surface area (TPSA) is 66.0 Å². The fraction of sp³-hybridized carbons (Fsp3) is 0.833. The molecule has 2 aliphatic rings. The molecule has 1 aliphatic heterocycles. The number of nitrogens with zero attached hydrogens (tertiary/aromatic N) is 3. The van der Waals surface area contributed by atoms with E-state index in [0.717, 1.165) is 25.1 Å². The summed E-state index contributed by atoms with van der Waals surface area (Å²) in [6.07, 6.45) is 7.82. The Bertz CT molecular complexity index is 397. The molecule has 3 rings (SSSR count). The van der Waals surface area contributed by atoms with Crippen LogP contribution in [0.5, 0.6) is 0 Å². The molecule has 0 amide bonds. The van der Waals surface area contributed by atoms with Crippen molar-refractivity contribution in [3.8, 4) is 0 Å². The first-order chi connectivity index (χ1) is 8.19. The van der Waals surface area contributed by atoms with Crippen LogP contribution < -0.4 is 5.73 Å². The number of hydrogen-bond donors (Lipinski definition) is 1. The van der Waals surface area contributed by atoms with Crippen molar-refractivity contribution in [3.63, 3.8) is 0 Å². The van der Waals surface area contributed by atoms with Crippen molar-refractivity contribution in [3.05, 3.63) is 11.9 Å². The van der Waals surface area contributed by atoms with Gasteiger partial charge in [-0.25, -0.2) is 4.68 Å². The first-order valence-electron chi connectivity index (χ1n) is 6.50. The maximum Gasteiger partial charge on any atom is 0.0991 e. The van der Waals surface area contributed by atoms with Gasteiger partial charge >= 0.3 is 0 Å². The highest BCUT2D eigenvalue weighted by atomic mass is 16.5. The highest BCUT2D eigenvalue weighted by molar-refractivity contribution is 5.01. The molecule has 5 heteroatoms. The summed E-state index contributed by atoms with van der Waals surface area (Å²) in [4.78, 5) is 0. The van der Waals surface area contributed by atoms with Crippen molar-refractivity contribution in [2.45, 2.75) is 56.7 Å². The van der Waals surface area contributed by atoms with E-state index < -0.39 is 0 Å². The molecular weight excluding hydrogens is 216 g/mol. The van der Waals surface area contributed by atoms with Crippen LogP contribution in [0.1, 0.15) is 56.8 Å². The van der Waals surface area contributed by atoms with Gasteiger partial charge in [0.1, 0.15) is 0 Å². The molecule has 0 radical (unpaired) electrons. The van der Waals surface area contributed by atoms with Crippen LogP contribution in [-0.4, -0.2) is 27.2 Å². The van der Waals surface area contributed by atoms with Gasteiger partial charge in [0.2, 0.25) is 0 Å². The van der Waals surface area contributed by atoms with Crippen LogP contribution in [0.4, 0.5) is 0 Å². The van der Waals surface area contributed by atoms with Crippen molar-refractivity contribution in [1.29, 1.82) is 0 Å². The second-order valence-electron chi connectivity index (χ2n) is 5.44. The summed E-state index contributed by atoms with van der Waals surface area (Å²) in [7, 11) is 0. The van der Waals surface area contributed by atoms with Crippen LogP contribution >= 0.6 is 0 Å². The quantitative estimate of drug-likeness (QED) is 0.846. The fourth-order valence-corrected chi connectivity index (χ4v) is 2.82. The monoisotopic (exact) mass is 236 g/mol. The minimum absolute atomic E-state index is 0.0405. The molecule has 2 unspecified atom stereocenters. The van der Waals surface area contributed by atoms with Crippen LogP contribution in [-0.2, 0) is 4.74 Å². The number of aromatic nitrogens is 3. The molecule has 1 aromatic heterocycles. The molecule has 1 saturated heterocycles. The molecule has 2 atom stereocenters. The number of rotatable bonds is 2. The van der Waals surface area contributed by atoms with Crippen LogP contribution in [0.2, 0.25) is 0 Å². The van der Waals surface area contributed by atoms with E-state index in [-0.39, 0.29) is 11.6 Å². The lowest BCUT2D eigenvalue weighted by atomic mass is 9.74. The summed E-state index contributed by atoms with van der Waals surface area (Å²) < 4.78 is 7.91. The zero-order valence-electron chi connectivity index (χ0n) is 10.3. The average molecular weight is 236 g/mol. The van der Waals surface area contributed by atoms with Crippen LogP contribution in [0.3, 0.4) is 0 Å². The van der Waals surface area contributed by atoms with E-state index in [9.17, 15) is 0 Å². The summed E-state index contributed by atoms with van der Waals surface area (Å²) in [6, 6.07) is 0.394. The van der Waals surface area contributed by atoms with Gasteiger partial charge in [0.25, 0.3) is 0 Å². The van der Waals surface area contributed by atoms with Gasteiger partial charge in [-0.1, -0.05) is 5.21 Å². The predicted molar refractivity (Wildman–Crippen MR) is 63.4 cm³/mol. The highest BCUT2D eigenvalue weighted by Gasteiger charge is 2.43. The summed E-state index contributed by atoms with van der Waals surface area (Å²) in [5, 5.41) is 8.35. The van der Waals surface area contributed by atoms with E-state index in [1.165, 1.54) is 19.3 Å². The van der Waals surface area contributed by atoms with E-state index >= 15 is 0 Å². The van der Waals surface area contributed by atoms with E-state index in [1.807, 2.05) is 17.8 Å². The Kier molecular flexibility index (Phi) is 2.67. The molecule has 0 aromatic carbocycles. The SMILES string of the molecule is CC(N)c1cn(C2CCOC3(CCC3)C2)nn1. The van der Waals surface area contributed by atoms with Crippen molar-refractivity contribution in [2.75, 3.05) is 6.61 Å². The first kappa shape index (κ1) is 11.2. The smallest absolute Gasteiger partial charge is 0.0991 e. The van der Waals surface area contributed by atoms with Gasteiger partial charge in [0.15, 0.2) is 0 Å². The van der Waals surface area contributed by atoms with E-state index in [1.54, 1.807) is 0 Å².